The van der Waals surface area contributed by atoms with E-state index < -0.39 is 29.3 Å². The number of nitrogens with zero attached hydrogens (tertiary/aromatic N) is 1. The normalized spacial score (nSPS) is 21.4. The van der Waals surface area contributed by atoms with Crippen molar-refractivity contribution in [3.8, 4) is 0 Å². The number of nitrogens with one attached hydrogen (secondary N) is 3. The number of halogens is 4. The lowest BCUT2D eigenvalue weighted by atomic mass is 9.92. The number of hydrogen-bond acceptors (Lipinski definition) is 6. The second-order valence-electron chi connectivity index (χ2n) is 8.50. The van der Waals surface area contributed by atoms with Crippen molar-refractivity contribution in [2.24, 2.45) is 0 Å². The molecule has 2 atom stereocenters. The molecule has 174 valence electrons. The van der Waals surface area contributed by atoms with Crippen molar-refractivity contribution < 1.29 is 23.4 Å². The zero-order valence-electron chi connectivity index (χ0n) is 17.3. The van der Waals surface area contributed by atoms with Gasteiger partial charge in [-0.1, -0.05) is 0 Å². The van der Waals surface area contributed by atoms with E-state index in [2.05, 4.69) is 16.0 Å². The van der Waals surface area contributed by atoms with Crippen LogP contribution in [0.3, 0.4) is 0 Å². The first kappa shape index (κ1) is 23.7. The van der Waals surface area contributed by atoms with Gasteiger partial charge >= 0.3 is 0 Å². The maximum absolute atomic E-state index is 14.6. The summed E-state index contributed by atoms with van der Waals surface area (Å²) in [4.78, 5) is 1.55. The molecule has 0 spiro atoms. The van der Waals surface area contributed by atoms with Crippen LogP contribution >= 0.6 is 22.6 Å². The van der Waals surface area contributed by atoms with Gasteiger partial charge in [-0.2, -0.15) is 0 Å². The molecule has 4 rings (SSSR count). The lowest BCUT2D eigenvalue weighted by Gasteiger charge is -2.49. The van der Waals surface area contributed by atoms with Crippen LogP contribution in [0, 0.1) is 21.0 Å². The van der Waals surface area contributed by atoms with Crippen molar-refractivity contribution in [3.63, 3.8) is 0 Å². The Morgan fingerprint density at radius 2 is 1.97 bits per heavy atom. The minimum Gasteiger partial charge on any atom is -0.386 e. The Balaban J connectivity index is 1.43. The number of rotatable bonds is 8. The number of anilines is 2. The first-order chi connectivity index (χ1) is 15.3. The van der Waals surface area contributed by atoms with E-state index in [0.717, 1.165) is 32.0 Å². The molecule has 0 bridgehead atoms. The van der Waals surface area contributed by atoms with Crippen LogP contribution in [0.4, 0.5) is 24.5 Å². The van der Waals surface area contributed by atoms with Crippen LogP contribution in [0.2, 0.25) is 0 Å². The number of aliphatic hydroxyl groups excluding tert-OH is 1. The monoisotopic (exact) mass is 562 g/mol. The molecular formula is C22H26F3IN4O2. The maximum Gasteiger partial charge on any atom is 0.182 e. The summed E-state index contributed by atoms with van der Waals surface area (Å²) in [5.74, 6) is -2.94. The smallest absolute Gasteiger partial charge is 0.182 e. The Labute approximate surface area is 198 Å². The Morgan fingerprint density at radius 3 is 2.66 bits per heavy atom. The van der Waals surface area contributed by atoms with Crippen molar-refractivity contribution >= 4 is 34.0 Å². The van der Waals surface area contributed by atoms with Crippen LogP contribution in [0.25, 0.3) is 0 Å². The summed E-state index contributed by atoms with van der Waals surface area (Å²) in [5, 5.41) is 30.7. The van der Waals surface area contributed by atoms with E-state index in [1.807, 2.05) is 22.6 Å². The molecular weight excluding hydrogens is 536 g/mol. The van der Waals surface area contributed by atoms with Crippen LogP contribution < -0.4 is 16.0 Å². The Bertz CT molecular complexity index is 968. The highest BCUT2D eigenvalue weighted by Crippen LogP contribution is 2.36. The average Bonchev–Trinajstić information content (AvgIpc) is 3.24. The van der Waals surface area contributed by atoms with Gasteiger partial charge < -0.3 is 26.2 Å². The van der Waals surface area contributed by atoms with Gasteiger partial charge in [-0.05, 0) is 72.3 Å². The number of likely N-dealkylation sites (tertiary alicyclic amines) is 1. The van der Waals surface area contributed by atoms with E-state index in [-0.39, 0.29) is 30.0 Å². The summed E-state index contributed by atoms with van der Waals surface area (Å²) in [6.07, 6.45) is 0.952. The standard InChI is InChI=1S/C22H26F3IN4O2/c23-16-5-4-15(20(19(16)25)29-18-6-3-13(26)8-17(18)24)21(31)30-11-22(32,12-30)10-27-9-14-2-1-7-28-14/h3-6,8,14,21,27-29,31-32H,1-2,7,9-12H2. The minimum absolute atomic E-state index is 0.0341. The predicted molar refractivity (Wildman–Crippen MR) is 124 cm³/mol. The molecule has 2 heterocycles. The van der Waals surface area contributed by atoms with E-state index >= 15 is 0 Å². The van der Waals surface area contributed by atoms with Gasteiger partial charge in [0.25, 0.3) is 0 Å². The zero-order chi connectivity index (χ0) is 22.9. The fraction of sp³-hybridized carbons (Fsp3) is 0.455. The topological polar surface area (TPSA) is 79.8 Å². The molecule has 0 amide bonds. The molecule has 0 aromatic heterocycles. The largest absolute Gasteiger partial charge is 0.386 e. The van der Waals surface area contributed by atoms with Crippen molar-refractivity contribution in [2.45, 2.75) is 30.7 Å². The molecule has 32 heavy (non-hydrogen) atoms. The van der Waals surface area contributed by atoms with Crippen LogP contribution in [-0.2, 0) is 0 Å². The lowest BCUT2D eigenvalue weighted by molar-refractivity contribution is -0.160. The van der Waals surface area contributed by atoms with Crippen molar-refractivity contribution in [2.75, 3.05) is 38.0 Å². The second-order valence-corrected chi connectivity index (χ2v) is 9.75. The molecule has 5 N–H and O–H groups in total. The SMILES string of the molecule is OC(c1ccc(F)c(F)c1Nc1ccc(I)cc1F)N1CC(O)(CNCC2CCCN2)C1. The highest BCUT2D eigenvalue weighted by molar-refractivity contribution is 14.1. The third-order valence-corrected chi connectivity index (χ3v) is 6.61. The molecule has 0 aliphatic carbocycles. The minimum atomic E-state index is -1.30. The van der Waals surface area contributed by atoms with Crippen LogP contribution in [0.5, 0.6) is 0 Å². The molecule has 10 heteroatoms. The molecule has 2 fully saturated rings. The van der Waals surface area contributed by atoms with Gasteiger partial charge in [-0.15, -0.1) is 0 Å². The van der Waals surface area contributed by atoms with E-state index in [1.165, 1.54) is 18.2 Å². The van der Waals surface area contributed by atoms with Crippen LogP contribution in [0.15, 0.2) is 30.3 Å². The average molecular weight is 562 g/mol. The van der Waals surface area contributed by atoms with Gasteiger partial charge in [0.2, 0.25) is 0 Å². The van der Waals surface area contributed by atoms with E-state index in [0.29, 0.717) is 16.2 Å². The summed E-state index contributed by atoms with van der Waals surface area (Å²) in [7, 11) is 0. The van der Waals surface area contributed by atoms with Gasteiger partial charge in [0.1, 0.15) is 17.6 Å². The number of hydrogen-bond donors (Lipinski definition) is 5. The van der Waals surface area contributed by atoms with E-state index in [4.69, 9.17) is 0 Å². The quantitative estimate of drug-likeness (QED) is 0.319. The number of benzene rings is 2. The fourth-order valence-corrected chi connectivity index (χ4v) is 4.69. The van der Waals surface area contributed by atoms with Gasteiger partial charge in [0.05, 0.1) is 11.4 Å². The number of aliphatic hydroxyl groups is 2. The van der Waals surface area contributed by atoms with Gasteiger partial charge in [-0.25, -0.2) is 13.2 Å². The third-order valence-electron chi connectivity index (χ3n) is 5.94. The summed E-state index contributed by atoms with van der Waals surface area (Å²) in [6, 6.07) is 6.90. The summed E-state index contributed by atoms with van der Waals surface area (Å²) >= 11 is 1.95. The van der Waals surface area contributed by atoms with E-state index in [9.17, 15) is 23.4 Å². The highest BCUT2D eigenvalue weighted by atomic mass is 127. The zero-order valence-corrected chi connectivity index (χ0v) is 19.5. The molecule has 2 unspecified atom stereocenters. The summed E-state index contributed by atoms with van der Waals surface area (Å²) in [5.41, 5.74) is -1.33. The Hall–Kier alpha value is -1.44. The van der Waals surface area contributed by atoms with Gasteiger partial charge in [0.15, 0.2) is 11.6 Å². The molecule has 6 nitrogen and oxygen atoms in total. The molecule has 2 aliphatic rings. The third kappa shape index (κ3) is 5.20. The molecule has 2 aliphatic heterocycles. The van der Waals surface area contributed by atoms with Crippen LogP contribution in [0.1, 0.15) is 24.6 Å². The predicted octanol–water partition coefficient (Wildman–Crippen LogP) is 2.83. The van der Waals surface area contributed by atoms with Crippen molar-refractivity contribution in [1.29, 1.82) is 0 Å². The summed E-state index contributed by atoms with van der Waals surface area (Å²) in [6.45, 7) is 2.45. The molecule has 2 saturated heterocycles. The summed E-state index contributed by atoms with van der Waals surface area (Å²) < 4.78 is 43.5. The number of β-amino-alcohol motifs (C(OH)–C–C–N with tert-alkyl or cyclic N) is 1. The Morgan fingerprint density at radius 1 is 1.19 bits per heavy atom. The second kappa shape index (κ2) is 9.82. The van der Waals surface area contributed by atoms with Gasteiger partial charge in [-0.3, -0.25) is 4.90 Å². The molecule has 0 radical (unpaired) electrons. The Kier molecular flexibility index (Phi) is 7.27. The van der Waals surface area contributed by atoms with E-state index in [1.54, 1.807) is 11.0 Å². The molecule has 2 aromatic carbocycles. The lowest BCUT2D eigenvalue weighted by Crippen LogP contribution is -2.66. The first-order valence-electron chi connectivity index (χ1n) is 10.5. The van der Waals surface area contributed by atoms with Crippen LogP contribution in [-0.4, -0.2) is 59.5 Å². The van der Waals surface area contributed by atoms with Crippen molar-refractivity contribution in [3.05, 3.63) is 56.9 Å². The molecule has 0 saturated carbocycles. The fourth-order valence-electron chi connectivity index (χ4n) is 4.23. The van der Waals surface area contributed by atoms with Gasteiger partial charge in [0, 0.05) is 41.4 Å². The maximum atomic E-state index is 14.6. The first-order valence-corrected chi connectivity index (χ1v) is 11.6. The highest BCUT2D eigenvalue weighted by Gasteiger charge is 2.44. The van der Waals surface area contributed by atoms with Crippen molar-refractivity contribution in [1.82, 2.24) is 15.5 Å². The molecule has 2 aromatic rings.